The predicted octanol–water partition coefficient (Wildman–Crippen LogP) is 2.55. The highest BCUT2D eigenvalue weighted by Gasteiger charge is 2.41. The first-order valence-electron chi connectivity index (χ1n) is 11.4. The lowest BCUT2D eigenvalue weighted by molar-refractivity contribution is -0.0339. The van der Waals surface area contributed by atoms with E-state index in [1.54, 1.807) is 24.3 Å². The van der Waals surface area contributed by atoms with Gasteiger partial charge in [-0.05, 0) is 62.6 Å². The molecule has 0 aliphatic heterocycles. The molecule has 8 nitrogen and oxygen atoms in total. The third-order valence-electron chi connectivity index (χ3n) is 6.24. The van der Waals surface area contributed by atoms with E-state index in [1.807, 2.05) is 26.0 Å². The quantitative estimate of drug-likeness (QED) is 0.333. The molecule has 8 heteroatoms. The SMILES string of the molecule is CC1(C)c2cc(OC[C@@H](O)[C@H](O)CO)ccc2C(=O)c2c1oc1cc(OCCCCO)ccc21. The van der Waals surface area contributed by atoms with Crippen molar-refractivity contribution in [2.75, 3.05) is 26.4 Å². The van der Waals surface area contributed by atoms with E-state index >= 15 is 0 Å². The highest BCUT2D eigenvalue weighted by molar-refractivity contribution is 6.19. The number of rotatable bonds is 10. The molecule has 1 aliphatic rings. The number of aliphatic hydroxyl groups excluding tert-OH is 4. The Morgan fingerprint density at radius 3 is 2.44 bits per heavy atom. The molecule has 2 atom stereocenters. The molecular formula is C26H30O8. The number of carbonyl (C=O) groups excluding carboxylic acids is 1. The Labute approximate surface area is 197 Å². The van der Waals surface area contributed by atoms with Crippen molar-refractivity contribution in [1.82, 2.24) is 0 Å². The fourth-order valence-corrected chi connectivity index (χ4v) is 4.24. The Morgan fingerprint density at radius 2 is 1.71 bits per heavy atom. The van der Waals surface area contributed by atoms with E-state index in [1.165, 1.54) is 0 Å². The standard InChI is InChI=1S/C26H30O8/c1-26(2)19-11-15(33-14-21(30)20(29)13-28)5-7-17(19)24(31)23-18-8-6-16(32-10-4-3-9-27)12-22(18)34-25(23)26/h5-8,11-12,20-21,27-30H,3-4,9-10,13-14H2,1-2H3/t20-,21-/m1/s1. The van der Waals surface area contributed by atoms with E-state index in [0.29, 0.717) is 47.0 Å². The van der Waals surface area contributed by atoms with Gasteiger partial charge in [-0.15, -0.1) is 0 Å². The van der Waals surface area contributed by atoms with Gasteiger partial charge < -0.3 is 34.3 Å². The Balaban J connectivity index is 1.64. The molecule has 0 saturated carbocycles. The molecule has 4 N–H and O–H groups in total. The number of ether oxygens (including phenoxy) is 2. The Bertz CT molecular complexity index is 1180. The van der Waals surface area contributed by atoms with Crippen molar-refractivity contribution in [2.45, 2.75) is 44.3 Å². The van der Waals surface area contributed by atoms with Crippen LogP contribution in [0.15, 0.2) is 40.8 Å². The Morgan fingerprint density at radius 1 is 0.971 bits per heavy atom. The second kappa shape index (κ2) is 9.76. The highest BCUT2D eigenvalue weighted by atomic mass is 16.5. The fraction of sp³-hybridized carbons (Fsp3) is 0.423. The van der Waals surface area contributed by atoms with Crippen molar-refractivity contribution in [3.63, 3.8) is 0 Å². The summed E-state index contributed by atoms with van der Waals surface area (Å²) in [6, 6.07) is 10.5. The van der Waals surface area contributed by atoms with Gasteiger partial charge in [0.1, 0.15) is 41.7 Å². The average Bonchev–Trinajstić information content (AvgIpc) is 3.23. The largest absolute Gasteiger partial charge is 0.493 e. The van der Waals surface area contributed by atoms with Gasteiger partial charge in [-0.1, -0.05) is 0 Å². The van der Waals surface area contributed by atoms with Crippen LogP contribution in [0, 0.1) is 0 Å². The van der Waals surface area contributed by atoms with Crippen molar-refractivity contribution in [1.29, 1.82) is 0 Å². The first-order valence-corrected chi connectivity index (χ1v) is 11.4. The van der Waals surface area contributed by atoms with Gasteiger partial charge in [0, 0.05) is 29.0 Å². The van der Waals surface area contributed by atoms with Crippen LogP contribution in [0.25, 0.3) is 11.0 Å². The summed E-state index contributed by atoms with van der Waals surface area (Å²) in [7, 11) is 0. The Hall–Kier alpha value is -2.91. The molecule has 0 bridgehead atoms. The number of hydrogen-bond donors (Lipinski definition) is 4. The number of carbonyl (C=O) groups is 1. The fourth-order valence-electron chi connectivity index (χ4n) is 4.24. The normalized spacial score (nSPS) is 16.1. The molecule has 1 aliphatic carbocycles. The molecule has 2 aromatic carbocycles. The van der Waals surface area contributed by atoms with E-state index in [4.69, 9.17) is 24.1 Å². The number of benzene rings is 2. The van der Waals surface area contributed by atoms with Crippen molar-refractivity contribution in [3.05, 3.63) is 58.8 Å². The minimum atomic E-state index is -1.29. The van der Waals surface area contributed by atoms with Gasteiger partial charge in [0.25, 0.3) is 0 Å². The number of hydrogen-bond acceptors (Lipinski definition) is 8. The summed E-state index contributed by atoms with van der Waals surface area (Å²) in [5.74, 6) is 1.49. The first kappa shape index (κ1) is 24.2. The monoisotopic (exact) mass is 470 g/mol. The van der Waals surface area contributed by atoms with Gasteiger partial charge in [-0.3, -0.25) is 4.79 Å². The summed E-state index contributed by atoms with van der Waals surface area (Å²) >= 11 is 0. The van der Waals surface area contributed by atoms with Crippen LogP contribution < -0.4 is 9.47 Å². The zero-order valence-corrected chi connectivity index (χ0v) is 19.3. The number of ketones is 1. The molecule has 0 unspecified atom stereocenters. The third-order valence-corrected chi connectivity index (χ3v) is 6.24. The molecule has 0 saturated heterocycles. The molecule has 3 aromatic rings. The summed E-state index contributed by atoms with van der Waals surface area (Å²) in [4.78, 5) is 13.4. The number of unbranched alkanes of at least 4 members (excludes halogenated alkanes) is 1. The maximum atomic E-state index is 13.4. The zero-order valence-electron chi connectivity index (χ0n) is 19.3. The molecule has 34 heavy (non-hydrogen) atoms. The van der Waals surface area contributed by atoms with Crippen LogP contribution in [-0.4, -0.2) is 64.8 Å². The summed E-state index contributed by atoms with van der Waals surface area (Å²) in [6.45, 7) is 3.78. The first-order chi connectivity index (χ1) is 16.3. The number of furan rings is 1. The molecule has 1 aromatic heterocycles. The topological polar surface area (TPSA) is 130 Å². The van der Waals surface area contributed by atoms with Crippen molar-refractivity contribution in [3.8, 4) is 11.5 Å². The molecular weight excluding hydrogens is 440 g/mol. The number of fused-ring (bicyclic) bond motifs is 4. The lowest BCUT2D eigenvalue weighted by Gasteiger charge is -2.31. The van der Waals surface area contributed by atoms with Crippen molar-refractivity contribution < 1.29 is 39.1 Å². The summed E-state index contributed by atoms with van der Waals surface area (Å²) < 4.78 is 17.6. The van der Waals surface area contributed by atoms with Crippen LogP contribution in [0.5, 0.6) is 11.5 Å². The maximum Gasteiger partial charge on any atom is 0.197 e. The van der Waals surface area contributed by atoms with E-state index in [9.17, 15) is 15.0 Å². The molecule has 4 rings (SSSR count). The molecule has 1 heterocycles. The summed E-state index contributed by atoms with van der Waals surface area (Å²) in [5, 5.41) is 38.0. The van der Waals surface area contributed by atoms with Gasteiger partial charge in [-0.25, -0.2) is 0 Å². The molecule has 0 spiro atoms. The van der Waals surface area contributed by atoms with Crippen LogP contribution in [0.3, 0.4) is 0 Å². The van der Waals surface area contributed by atoms with Crippen LogP contribution in [0.2, 0.25) is 0 Å². The molecule has 0 fully saturated rings. The van der Waals surface area contributed by atoms with E-state index in [0.717, 1.165) is 17.4 Å². The lowest BCUT2D eigenvalue weighted by Crippen LogP contribution is -2.34. The van der Waals surface area contributed by atoms with Gasteiger partial charge in [-0.2, -0.15) is 0 Å². The smallest absolute Gasteiger partial charge is 0.197 e. The van der Waals surface area contributed by atoms with Crippen LogP contribution >= 0.6 is 0 Å². The van der Waals surface area contributed by atoms with Gasteiger partial charge in [0.05, 0.1) is 18.8 Å². The van der Waals surface area contributed by atoms with E-state index in [-0.39, 0.29) is 19.0 Å². The third kappa shape index (κ3) is 4.42. The van der Waals surface area contributed by atoms with E-state index < -0.39 is 24.2 Å². The van der Waals surface area contributed by atoms with Gasteiger partial charge >= 0.3 is 0 Å². The van der Waals surface area contributed by atoms with E-state index in [2.05, 4.69) is 0 Å². The van der Waals surface area contributed by atoms with Crippen LogP contribution in [0.4, 0.5) is 0 Å². The maximum absolute atomic E-state index is 13.4. The molecule has 0 amide bonds. The number of aliphatic hydroxyl groups is 4. The van der Waals surface area contributed by atoms with Crippen molar-refractivity contribution in [2.24, 2.45) is 0 Å². The second-order valence-corrected chi connectivity index (χ2v) is 9.03. The lowest BCUT2D eigenvalue weighted by atomic mass is 9.71. The zero-order chi connectivity index (χ0) is 24.5. The summed E-state index contributed by atoms with van der Waals surface area (Å²) in [6.07, 6.45) is -1.12. The second-order valence-electron chi connectivity index (χ2n) is 9.03. The molecule has 182 valence electrons. The minimum Gasteiger partial charge on any atom is -0.493 e. The predicted molar refractivity (Wildman–Crippen MR) is 125 cm³/mol. The van der Waals surface area contributed by atoms with Gasteiger partial charge in [0.15, 0.2) is 5.78 Å². The Kier molecular flexibility index (Phi) is 6.95. The van der Waals surface area contributed by atoms with Gasteiger partial charge in [0.2, 0.25) is 0 Å². The highest BCUT2D eigenvalue weighted by Crippen LogP contribution is 2.46. The minimum absolute atomic E-state index is 0.128. The van der Waals surface area contributed by atoms with Crippen LogP contribution in [-0.2, 0) is 5.41 Å². The average molecular weight is 471 g/mol. The van der Waals surface area contributed by atoms with Crippen molar-refractivity contribution >= 4 is 16.8 Å². The summed E-state index contributed by atoms with van der Waals surface area (Å²) in [5.41, 5.74) is 1.75. The molecule has 0 radical (unpaired) electrons. The van der Waals surface area contributed by atoms with Crippen LogP contribution in [0.1, 0.15) is 53.9 Å².